The summed E-state index contributed by atoms with van der Waals surface area (Å²) in [4.78, 5) is 14.2. The molecule has 0 radical (unpaired) electrons. The van der Waals surface area contributed by atoms with Crippen LogP contribution in [0, 0.1) is 5.92 Å². The maximum Gasteiger partial charge on any atom is 0.256 e. The third kappa shape index (κ3) is 2.97. The lowest BCUT2D eigenvalue weighted by molar-refractivity contribution is 0.0734. The number of nitrogens with zero attached hydrogens (tertiary/aromatic N) is 3. The van der Waals surface area contributed by atoms with Crippen molar-refractivity contribution >= 4 is 5.91 Å². The van der Waals surface area contributed by atoms with E-state index in [0.717, 1.165) is 25.1 Å². The largest absolute Gasteiger partial charge is 0.341 e. The average Bonchev–Trinajstić information content (AvgIpc) is 2.95. The SMILES string of the molecule is CN(CC1CC(N)C1)C(=O)c1cnn(-c2ccccc2)c1. The molecule has 2 N–H and O–H groups in total. The summed E-state index contributed by atoms with van der Waals surface area (Å²) in [5.74, 6) is 0.552. The molecule has 0 unspecified atom stereocenters. The van der Waals surface area contributed by atoms with Crippen LogP contribution in [0.25, 0.3) is 5.69 Å². The van der Waals surface area contributed by atoms with Gasteiger partial charge in [-0.1, -0.05) is 18.2 Å². The number of aromatic nitrogens is 2. The molecular weight excluding hydrogens is 264 g/mol. The molecule has 110 valence electrons. The molecular formula is C16H20N4O. The van der Waals surface area contributed by atoms with Gasteiger partial charge in [-0.3, -0.25) is 4.79 Å². The van der Waals surface area contributed by atoms with Crippen molar-refractivity contribution in [1.29, 1.82) is 0 Å². The highest BCUT2D eigenvalue weighted by molar-refractivity contribution is 5.93. The van der Waals surface area contributed by atoms with Crippen molar-refractivity contribution < 1.29 is 4.79 Å². The normalized spacial score (nSPS) is 20.9. The van der Waals surface area contributed by atoms with Crippen molar-refractivity contribution in [3.8, 4) is 5.69 Å². The van der Waals surface area contributed by atoms with Gasteiger partial charge in [0.1, 0.15) is 0 Å². The average molecular weight is 284 g/mol. The Balaban J connectivity index is 1.66. The Labute approximate surface area is 124 Å². The Morgan fingerprint density at radius 3 is 2.76 bits per heavy atom. The smallest absolute Gasteiger partial charge is 0.256 e. The van der Waals surface area contributed by atoms with Gasteiger partial charge in [0.05, 0.1) is 17.4 Å². The molecule has 0 aliphatic heterocycles. The van der Waals surface area contributed by atoms with Crippen LogP contribution in [-0.4, -0.2) is 40.2 Å². The zero-order chi connectivity index (χ0) is 14.8. The molecule has 5 nitrogen and oxygen atoms in total. The molecule has 3 rings (SSSR count). The van der Waals surface area contributed by atoms with E-state index >= 15 is 0 Å². The Kier molecular flexibility index (Phi) is 3.75. The fraction of sp³-hybridized carbons (Fsp3) is 0.375. The van der Waals surface area contributed by atoms with Gasteiger partial charge in [-0.15, -0.1) is 0 Å². The van der Waals surface area contributed by atoms with Crippen molar-refractivity contribution in [2.24, 2.45) is 11.7 Å². The van der Waals surface area contributed by atoms with Crippen molar-refractivity contribution in [2.45, 2.75) is 18.9 Å². The van der Waals surface area contributed by atoms with Crippen molar-refractivity contribution in [3.63, 3.8) is 0 Å². The molecule has 1 aromatic carbocycles. The van der Waals surface area contributed by atoms with Gasteiger partial charge in [0.2, 0.25) is 0 Å². The van der Waals surface area contributed by atoms with Crippen LogP contribution in [0.3, 0.4) is 0 Å². The lowest BCUT2D eigenvalue weighted by atomic mass is 9.80. The molecule has 0 saturated heterocycles. The second-order valence-electron chi connectivity index (χ2n) is 5.79. The number of para-hydroxylation sites is 1. The van der Waals surface area contributed by atoms with Gasteiger partial charge >= 0.3 is 0 Å². The minimum atomic E-state index is 0.0117. The van der Waals surface area contributed by atoms with Gasteiger partial charge in [0.15, 0.2) is 0 Å². The van der Waals surface area contributed by atoms with E-state index in [2.05, 4.69) is 5.10 Å². The molecule has 1 saturated carbocycles. The predicted molar refractivity (Wildman–Crippen MR) is 81.2 cm³/mol. The minimum absolute atomic E-state index is 0.0117. The highest BCUT2D eigenvalue weighted by atomic mass is 16.2. The molecule has 5 heteroatoms. The molecule has 1 amide bonds. The lowest BCUT2D eigenvalue weighted by Crippen LogP contribution is -2.43. The van der Waals surface area contributed by atoms with E-state index in [-0.39, 0.29) is 5.91 Å². The lowest BCUT2D eigenvalue weighted by Gasteiger charge is -2.35. The highest BCUT2D eigenvalue weighted by Crippen LogP contribution is 2.26. The van der Waals surface area contributed by atoms with Gasteiger partial charge in [0, 0.05) is 25.8 Å². The Morgan fingerprint density at radius 2 is 2.10 bits per heavy atom. The number of rotatable bonds is 4. The quantitative estimate of drug-likeness (QED) is 0.929. The van der Waals surface area contributed by atoms with E-state index in [4.69, 9.17) is 5.73 Å². The predicted octanol–water partition coefficient (Wildman–Crippen LogP) is 1.68. The zero-order valence-corrected chi connectivity index (χ0v) is 12.1. The second-order valence-corrected chi connectivity index (χ2v) is 5.79. The molecule has 21 heavy (non-hydrogen) atoms. The first kappa shape index (κ1) is 13.8. The monoisotopic (exact) mass is 284 g/mol. The number of hydrogen-bond donors (Lipinski definition) is 1. The van der Waals surface area contributed by atoms with E-state index in [1.165, 1.54) is 0 Å². The Morgan fingerprint density at radius 1 is 1.38 bits per heavy atom. The summed E-state index contributed by atoms with van der Waals surface area (Å²) < 4.78 is 1.72. The summed E-state index contributed by atoms with van der Waals surface area (Å²) in [6.07, 6.45) is 5.43. The molecule has 2 aromatic rings. The van der Waals surface area contributed by atoms with Gasteiger partial charge in [0.25, 0.3) is 5.91 Å². The van der Waals surface area contributed by atoms with E-state index in [1.54, 1.807) is 22.0 Å². The zero-order valence-electron chi connectivity index (χ0n) is 12.1. The van der Waals surface area contributed by atoms with Crippen molar-refractivity contribution in [2.75, 3.05) is 13.6 Å². The third-order valence-corrected chi connectivity index (χ3v) is 4.00. The van der Waals surface area contributed by atoms with Gasteiger partial charge in [-0.25, -0.2) is 4.68 Å². The molecule has 1 aliphatic carbocycles. The first-order valence-electron chi connectivity index (χ1n) is 7.24. The molecule has 1 fully saturated rings. The summed E-state index contributed by atoms with van der Waals surface area (Å²) in [5, 5.41) is 4.26. The molecule has 1 aromatic heterocycles. The third-order valence-electron chi connectivity index (χ3n) is 4.00. The van der Waals surface area contributed by atoms with Crippen LogP contribution >= 0.6 is 0 Å². The summed E-state index contributed by atoms with van der Waals surface area (Å²) in [6, 6.07) is 10.1. The summed E-state index contributed by atoms with van der Waals surface area (Å²) in [5.41, 5.74) is 7.35. The van der Waals surface area contributed by atoms with Crippen LogP contribution in [0.1, 0.15) is 23.2 Å². The molecule has 1 aliphatic rings. The van der Waals surface area contributed by atoms with Gasteiger partial charge < -0.3 is 10.6 Å². The number of hydrogen-bond acceptors (Lipinski definition) is 3. The molecule has 0 spiro atoms. The van der Waals surface area contributed by atoms with Crippen LogP contribution in [0.5, 0.6) is 0 Å². The first-order chi connectivity index (χ1) is 10.1. The van der Waals surface area contributed by atoms with Crippen LogP contribution < -0.4 is 5.73 Å². The summed E-state index contributed by atoms with van der Waals surface area (Å²) in [7, 11) is 1.84. The summed E-state index contributed by atoms with van der Waals surface area (Å²) in [6.45, 7) is 0.767. The minimum Gasteiger partial charge on any atom is -0.341 e. The molecule has 1 heterocycles. The Hall–Kier alpha value is -2.14. The van der Waals surface area contributed by atoms with Crippen LogP contribution in [0.15, 0.2) is 42.7 Å². The maximum absolute atomic E-state index is 12.4. The van der Waals surface area contributed by atoms with E-state index < -0.39 is 0 Å². The van der Waals surface area contributed by atoms with Crippen LogP contribution in [-0.2, 0) is 0 Å². The fourth-order valence-corrected chi connectivity index (χ4v) is 2.78. The van der Waals surface area contributed by atoms with Gasteiger partial charge in [-0.2, -0.15) is 5.10 Å². The maximum atomic E-state index is 12.4. The number of benzene rings is 1. The van der Waals surface area contributed by atoms with E-state index in [9.17, 15) is 4.79 Å². The van der Waals surface area contributed by atoms with Crippen molar-refractivity contribution in [3.05, 3.63) is 48.3 Å². The number of carbonyl (C=O) groups is 1. The van der Waals surface area contributed by atoms with Crippen molar-refractivity contribution in [1.82, 2.24) is 14.7 Å². The molecule has 0 atom stereocenters. The fourth-order valence-electron chi connectivity index (χ4n) is 2.78. The van der Waals surface area contributed by atoms with Gasteiger partial charge in [-0.05, 0) is 30.9 Å². The van der Waals surface area contributed by atoms with E-state index in [0.29, 0.717) is 17.5 Å². The second kappa shape index (κ2) is 5.69. The number of amides is 1. The Bertz CT molecular complexity index is 616. The number of nitrogens with two attached hydrogens (primary N) is 1. The van der Waals surface area contributed by atoms with Crippen LogP contribution in [0.2, 0.25) is 0 Å². The standard InChI is InChI=1S/C16H20N4O/c1-19(10-12-7-14(17)8-12)16(21)13-9-18-20(11-13)15-5-3-2-4-6-15/h2-6,9,11-12,14H,7-8,10,17H2,1H3. The highest BCUT2D eigenvalue weighted by Gasteiger charge is 2.28. The number of carbonyl (C=O) groups excluding carboxylic acids is 1. The van der Waals surface area contributed by atoms with Crippen LogP contribution in [0.4, 0.5) is 0 Å². The first-order valence-corrected chi connectivity index (χ1v) is 7.24. The molecule has 0 bridgehead atoms. The van der Waals surface area contributed by atoms with E-state index in [1.807, 2.05) is 37.4 Å². The summed E-state index contributed by atoms with van der Waals surface area (Å²) >= 11 is 0. The topological polar surface area (TPSA) is 64.2 Å².